The lowest BCUT2D eigenvalue weighted by atomic mass is 10.1. The molecule has 1 N–H and O–H groups in total. The normalized spacial score (nSPS) is 11.9. The van der Waals surface area contributed by atoms with Gasteiger partial charge in [0.1, 0.15) is 0 Å². The first-order chi connectivity index (χ1) is 13.1. The second-order valence-corrected chi connectivity index (χ2v) is 8.28. The molecule has 0 bridgehead atoms. The van der Waals surface area contributed by atoms with Gasteiger partial charge in [0.15, 0.2) is 10.9 Å². The molecular formula is C20H20N2O3S2. The Balaban J connectivity index is 1.36. The third kappa shape index (κ3) is 5.80. The van der Waals surface area contributed by atoms with E-state index >= 15 is 0 Å². The van der Waals surface area contributed by atoms with Crippen molar-refractivity contribution < 1.29 is 14.3 Å². The lowest BCUT2D eigenvalue weighted by Crippen LogP contribution is -2.31. The molecule has 3 aromatic rings. The van der Waals surface area contributed by atoms with Gasteiger partial charge >= 0.3 is 5.97 Å². The van der Waals surface area contributed by atoms with Gasteiger partial charge in [-0.05, 0) is 24.6 Å². The summed E-state index contributed by atoms with van der Waals surface area (Å²) < 4.78 is 7.12. The summed E-state index contributed by atoms with van der Waals surface area (Å²) in [5, 5.41) is 2.82. The lowest BCUT2D eigenvalue weighted by molar-refractivity contribution is -0.148. The van der Waals surface area contributed by atoms with Gasteiger partial charge in [-0.2, -0.15) is 0 Å². The minimum absolute atomic E-state index is 0.132. The maximum Gasteiger partial charge on any atom is 0.307 e. The number of ether oxygens (including phenoxy) is 1. The number of thiazole rings is 1. The van der Waals surface area contributed by atoms with Crippen molar-refractivity contribution in [3.63, 3.8) is 0 Å². The first-order valence-corrected chi connectivity index (χ1v) is 10.4. The molecule has 0 saturated heterocycles. The van der Waals surface area contributed by atoms with Crippen molar-refractivity contribution in [3.05, 3.63) is 60.2 Å². The van der Waals surface area contributed by atoms with Crippen molar-refractivity contribution in [2.24, 2.45) is 0 Å². The number of amides is 1. The molecule has 0 aliphatic rings. The van der Waals surface area contributed by atoms with Crippen LogP contribution in [0.1, 0.15) is 24.9 Å². The monoisotopic (exact) mass is 400 g/mol. The first kappa shape index (κ1) is 19.4. The number of nitrogens with zero attached hydrogens (tertiary/aromatic N) is 1. The first-order valence-electron chi connectivity index (χ1n) is 8.60. The predicted molar refractivity (Wildman–Crippen MR) is 109 cm³/mol. The zero-order valence-corrected chi connectivity index (χ0v) is 16.5. The van der Waals surface area contributed by atoms with Crippen LogP contribution < -0.4 is 5.32 Å². The Labute approximate surface area is 166 Å². The molecule has 0 aliphatic carbocycles. The van der Waals surface area contributed by atoms with E-state index in [9.17, 15) is 9.59 Å². The summed E-state index contributed by atoms with van der Waals surface area (Å²) in [4.78, 5) is 28.3. The van der Waals surface area contributed by atoms with Gasteiger partial charge in [-0.3, -0.25) is 9.59 Å². The summed E-state index contributed by atoms with van der Waals surface area (Å²) in [5.74, 6) is -0.120. The van der Waals surface area contributed by atoms with E-state index in [1.807, 2.05) is 61.5 Å². The number of hydrogen-bond donors (Lipinski definition) is 1. The molecule has 1 aromatic heterocycles. The number of rotatable bonds is 8. The van der Waals surface area contributed by atoms with Crippen molar-refractivity contribution in [1.82, 2.24) is 10.3 Å². The van der Waals surface area contributed by atoms with Crippen molar-refractivity contribution in [3.8, 4) is 0 Å². The van der Waals surface area contributed by atoms with Crippen LogP contribution in [-0.4, -0.2) is 29.2 Å². The molecule has 0 spiro atoms. The van der Waals surface area contributed by atoms with Crippen LogP contribution in [0.3, 0.4) is 0 Å². The van der Waals surface area contributed by atoms with Gasteiger partial charge < -0.3 is 10.1 Å². The quantitative estimate of drug-likeness (QED) is 0.453. The molecule has 0 fully saturated rings. The largest absolute Gasteiger partial charge is 0.456 e. The molecule has 5 nitrogen and oxygen atoms in total. The summed E-state index contributed by atoms with van der Waals surface area (Å²) in [6.07, 6.45) is 0.238. The Morgan fingerprint density at radius 2 is 1.89 bits per heavy atom. The second-order valence-electron chi connectivity index (χ2n) is 5.91. The number of hydrogen-bond acceptors (Lipinski definition) is 6. The van der Waals surface area contributed by atoms with E-state index in [2.05, 4.69) is 10.3 Å². The minimum Gasteiger partial charge on any atom is -0.456 e. The van der Waals surface area contributed by atoms with E-state index in [1.165, 1.54) is 11.8 Å². The number of thioether (sulfide) groups is 1. The molecule has 2 aromatic carbocycles. The summed E-state index contributed by atoms with van der Waals surface area (Å²) in [6, 6.07) is 17.4. The average Bonchev–Trinajstić information content (AvgIpc) is 3.10. The van der Waals surface area contributed by atoms with Crippen LogP contribution in [0.5, 0.6) is 0 Å². The Kier molecular flexibility index (Phi) is 6.84. The van der Waals surface area contributed by atoms with Gasteiger partial charge in [0.25, 0.3) is 5.91 Å². The molecule has 0 saturated carbocycles. The van der Waals surface area contributed by atoms with E-state index in [4.69, 9.17) is 4.74 Å². The van der Waals surface area contributed by atoms with Crippen molar-refractivity contribution >= 4 is 45.2 Å². The van der Waals surface area contributed by atoms with Gasteiger partial charge in [0.05, 0.1) is 22.7 Å². The van der Waals surface area contributed by atoms with E-state index < -0.39 is 0 Å². The molecule has 1 heterocycles. The maximum atomic E-state index is 11.9. The topological polar surface area (TPSA) is 68.3 Å². The highest BCUT2D eigenvalue weighted by molar-refractivity contribution is 8.01. The smallest absolute Gasteiger partial charge is 0.307 e. The molecule has 3 rings (SSSR count). The summed E-state index contributed by atoms with van der Waals surface area (Å²) in [5.41, 5.74) is 1.97. The number of fused-ring (bicyclic) bond motifs is 1. The van der Waals surface area contributed by atoms with Gasteiger partial charge in [0.2, 0.25) is 0 Å². The molecule has 1 amide bonds. The van der Waals surface area contributed by atoms with Crippen LogP contribution >= 0.6 is 23.1 Å². The van der Waals surface area contributed by atoms with Gasteiger partial charge in [-0.1, -0.05) is 54.2 Å². The van der Waals surface area contributed by atoms with Crippen molar-refractivity contribution in [2.45, 2.75) is 23.7 Å². The SMILES string of the molecule is C[C@H](NC(=O)COC(=O)CCSc1nc2ccccc2s1)c1ccccc1. The van der Waals surface area contributed by atoms with Gasteiger partial charge in [-0.25, -0.2) is 4.98 Å². The lowest BCUT2D eigenvalue weighted by Gasteiger charge is -2.14. The Morgan fingerprint density at radius 3 is 2.67 bits per heavy atom. The third-order valence-electron chi connectivity index (χ3n) is 3.85. The van der Waals surface area contributed by atoms with Crippen LogP contribution in [-0.2, 0) is 14.3 Å². The fraction of sp³-hybridized carbons (Fsp3) is 0.250. The summed E-state index contributed by atoms with van der Waals surface area (Å²) in [6.45, 7) is 1.63. The van der Waals surface area contributed by atoms with E-state index in [1.54, 1.807) is 11.3 Å². The second kappa shape index (κ2) is 9.53. The Bertz CT molecular complexity index is 879. The fourth-order valence-electron chi connectivity index (χ4n) is 2.46. The summed E-state index contributed by atoms with van der Waals surface area (Å²) >= 11 is 3.13. The molecular weight excluding hydrogens is 380 g/mol. The molecule has 140 valence electrons. The number of esters is 1. The van der Waals surface area contributed by atoms with Crippen molar-refractivity contribution in [2.75, 3.05) is 12.4 Å². The van der Waals surface area contributed by atoms with Crippen LogP contribution in [0.4, 0.5) is 0 Å². The van der Waals surface area contributed by atoms with Crippen molar-refractivity contribution in [1.29, 1.82) is 0 Å². The van der Waals surface area contributed by atoms with Crippen LogP contribution in [0, 0.1) is 0 Å². The molecule has 0 unspecified atom stereocenters. The molecule has 0 radical (unpaired) electrons. The van der Waals surface area contributed by atoms with Gasteiger partial charge in [0, 0.05) is 5.75 Å². The van der Waals surface area contributed by atoms with E-state index in [0.717, 1.165) is 20.1 Å². The number of carbonyl (C=O) groups excluding carboxylic acids is 2. The Morgan fingerprint density at radius 1 is 1.15 bits per heavy atom. The summed E-state index contributed by atoms with van der Waals surface area (Å²) in [7, 11) is 0. The third-order valence-corrected chi connectivity index (χ3v) is 6.03. The highest BCUT2D eigenvalue weighted by Gasteiger charge is 2.12. The van der Waals surface area contributed by atoms with Crippen LogP contribution in [0.15, 0.2) is 58.9 Å². The number of aromatic nitrogens is 1. The minimum atomic E-state index is -0.383. The average molecular weight is 401 g/mol. The highest BCUT2D eigenvalue weighted by atomic mass is 32.2. The van der Waals surface area contributed by atoms with Crippen LogP contribution in [0.25, 0.3) is 10.2 Å². The molecule has 27 heavy (non-hydrogen) atoms. The number of nitrogens with one attached hydrogen (secondary N) is 1. The number of para-hydroxylation sites is 1. The van der Waals surface area contributed by atoms with E-state index in [0.29, 0.717) is 5.75 Å². The zero-order chi connectivity index (χ0) is 19.1. The van der Waals surface area contributed by atoms with Crippen LogP contribution in [0.2, 0.25) is 0 Å². The van der Waals surface area contributed by atoms with E-state index in [-0.39, 0.29) is 30.9 Å². The maximum absolute atomic E-state index is 11.9. The highest BCUT2D eigenvalue weighted by Crippen LogP contribution is 2.29. The molecule has 0 aliphatic heterocycles. The number of benzene rings is 2. The zero-order valence-electron chi connectivity index (χ0n) is 14.9. The molecule has 7 heteroatoms. The number of carbonyl (C=O) groups is 2. The standard InChI is InChI=1S/C20H20N2O3S2/c1-14(15-7-3-2-4-8-15)21-18(23)13-25-19(24)11-12-26-20-22-16-9-5-6-10-17(16)27-20/h2-10,14H,11-13H2,1H3,(H,21,23)/t14-/m0/s1. The fourth-order valence-corrected chi connectivity index (χ4v) is 4.52. The Hall–Kier alpha value is -2.38. The molecule has 1 atom stereocenters. The van der Waals surface area contributed by atoms with Gasteiger partial charge in [-0.15, -0.1) is 11.3 Å². The predicted octanol–water partition coefficient (Wildman–Crippen LogP) is 4.20.